The molecule has 0 radical (unpaired) electrons. The molecule has 27 heavy (non-hydrogen) atoms. The molecule has 0 bridgehead atoms. The largest absolute Gasteiger partial charge is 1.00 e. The number of carbonyl (C=O) groups is 1. The molecule has 1 aromatic carbocycles. The van der Waals surface area contributed by atoms with Gasteiger partial charge in [-0.25, -0.2) is 8.42 Å². The van der Waals surface area contributed by atoms with Gasteiger partial charge >= 0.3 is 29.6 Å². The van der Waals surface area contributed by atoms with E-state index in [1.165, 1.54) is 24.3 Å². The van der Waals surface area contributed by atoms with Gasteiger partial charge in [0.2, 0.25) is 22.6 Å². The minimum atomic E-state index is -5.20. The Balaban J connectivity index is 0.00000364. The van der Waals surface area contributed by atoms with E-state index in [2.05, 4.69) is 9.50 Å². The van der Waals surface area contributed by atoms with Crippen molar-refractivity contribution in [1.29, 1.82) is 0 Å². The van der Waals surface area contributed by atoms with Gasteiger partial charge in [0.1, 0.15) is 30.1 Å². The topological polar surface area (TPSA) is 154 Å². The molecule has 0 unspecified atom stereocenters. The Morgan fingerprint density at radius 3 is 2.44 bits per heavy atom. The number of hydrogen-bond donors (Lipinski definition) is 3. The summed E-state index contributed by atoms with van der Waals surface area (Å²) in [6.45, 7) is 0.384. The van der Waals surface area contributed by atoms with E-state index in [9.17, 15) is 28.0 Å². The van der Waals surface area contributed by atoms with E-state index in [1.807, 2.05) is 0 Å². The van der Waals surface area contributed by atoms with E-state index >= 15 is 0 Å². The molecule has 1 aromatic rings. The Kier molecular flexibility index (Phi) is 9.42. The minimum absolute atomic E-state index is 0. The SMILES string of the molecule is CC(=O)N[C@H]1[C@H](Oc2ccc(Cl)cc2)O[C@H](CO)[C@H](OS(=O)(=O)[O-])[C@@H]1O.[Na+]. The maximum atomic E-state index is 11.4. The number of carbonyl (C=O) groups excluding carboxylic acids is 1. The molecule has 0 spiro atoms. The van der Waals surface area contributed by atoms with Gasteiger partial charge in [-0.15, -0.1) is 0 Å². The molecule has 13 heteroatoms. The van der Waals surface area contributed by atoms with Crippen molar-refractivity contribution in [3.05, 3.63) is 29.3 Å². The molecule has 1 amide bonds. The van der Waals surface area contributed by atoms with Crippen LogP contribution >= 0.6 is 11.6 Å². The fourth-order valence-electron chi connectivity index (χ4n) is 2.46. The Hall–Kier alpha value is -0.470. The van der Waals surface area contributed by atoms with Gasteiger partial charge in [0, 0.05) is 11.9 Å². The molecule has 3 N–H and O–H groups in total. The first-order valence-electron chi connectivity index (χ1n) is 7.38. The summed E-state index contributed by atoms with van der Waals surface area (Å²) in [7, 11) is -5.20. The van der Waals surface area contributed by atoms with Crippen LogP contribution in [0.5, 0.6) is 5.75 Å². The summed E-state index contributed by atoms with van der Waals surface area (Å²) in [6.07, 6.45) is -6.15. The van der Waals surface area contributed by atoms with E-state index in [-0.39, 0.29) is 35.3 Å². The van der Waals surface area contributed by atoms with Crippen LogP contribution in [0.3, 0.4) is 0 Å². The number of hydrogen-bond acceptors (Lipinski definition) is 9. The molecule has 0 aliphatic carbocycles. The van der Waals surface area contributed by atoms with Crippen molar-refractivity contribution in [2.24, 2.45) is 0 Å². The van der Waals surface area contributed by atoms with Gasteiger partial charge in [0.25, 0.3) is 0 Å². The zero-order chi connectivity index (χ0) is 19.5. The quantitative estimate of drug-likeness (QED) is 0.232. The molecule has 0 saturated carbocycles. The maximum Gasteiger partial charge on any atom is 1.00 e. The normalized spacial score (nSPS) is 28.1. The van der Waals surface area contributed by atoms with Gasteiger partial charge in [-0.05, 0) is 24.3 Å². The number of rotatable bonds is 6. The summed E-state index contributed by atoms with van der Waals surface area (Å²) in [5.74, 6) is -0.303. The fraction of sp³-hybridized carbons (Fsp3) is 0.500. The first-order valence-corrected chi connectivity index (χ1v) is 9.09. The molecule has 1 fully saturated rings. The molecule has 0 aromatic heterocycles. The van der Waals surface area contributed by atoms with Crippen LogP contribution in [-0.4, -0.2) is 66.3 Å². The van der Waals surface area contributed by atoms with Crippen LogP contribution in [0.4, 0.5) is 0 Å². The van der Waals surface area contributed by atoms with E-state index in [0.717, 1.165) is 6.92 Å². The number of nitrogens with one attached hydrogen (secondary N) is 1. The molecular formula is C14H17ClNNaO9S. The first kappa shape index (κ1) is 24.6. The summed E-state index contributed by atoms with van der Waals surface area (Å²) in [5, 5.41) is 22.6. The molecule has 2 rings (SSSR count). The second-order valence-electron chi connectivity index (χ2n) is 5.48. The molecule has 1 aliphatic heterocycles. The molecule has 146 valence electrons. The van der Waals surface area contributed by atoms with E-state index < -0.39 is 53.6 Å². The van der Waals surface area contributed by atoms with Crippen LogP contribution in [0.2, 0.25) is 5.02 Å². The maximum absolute atomic E-state index is 11.4. The van der Waals surface area contributed by atoms with E-state index in [1.54, 1.807) is 0 Å². The van der Waals surface area contributed by atoms with Crippen molar-refractivity contribution < 1.29 is 71.2 Å². The Labute approximate surface area is 183 Å². The number of aliphatic hydroxyl groups excluding tert-OH is 2. The molecule has 1 saturated heterocycles. The predicted molar refractivity (Wildman–Crippen MR) is 86.0 cm³/mol. The number of aliphatic hydroxyl groups is 2. The Morgan fingerprint density at radius 1 is 1.37 bits per heavy atom. The van der Waals surface area contributed by atoms with Crippen LogP contribution in [-0.2, 0) is 24.1 Å². The van der Waals surface area contributed by atoms with Crippen LogP contribution < -0.4 is 39.6 Å². The number of ether oxygens (including phenoxy) is 2. The second-order valence-corrected chi connectivity index (χ2v) is 6.93. The van der Waals surface area contributed by atoms with Gasteiger partial charge in [-0.3, -0.25) is 8.98 Å². The predicted octanol–water partition coefficient (Wildman–Crippen LogP) is -3.85. The fourth-order valence-corrected chi connectivity index (χ4v) is 3.09. The van der Waals surface area contributed by atoms with Gasteiger partial charge in [-0.1, -0.05) is 11.6 Å². The summed E-state index contributed by atoms with van der Waals surface area (Å²) >= 11 is 5.78. The van der Waals surface area contributed by atoms with Crippen LogP contribution in [0, 0.1) is 0 Å². The monoisotopic (exact) mass is 433 g/mol. The third kappa shape index (κ3) is 7.13. The van der Waals surface area contributed by atoms with Gasteiger partial charge in [-0.2, -0.15) is 0 Å². The average Bonchev–Trinajstić information content (AvgIpc) is 2.54. The molecule has 1 aliphatic rings. The Bertz CT molecular complexity index is 733. The minimum Gasteiger partial charge on any atom is -0.726 e. The number of amides is 1. The molecular weight excluding hydrogens is 417 g/mol. The third-order valence-corrected chi connectivity index (χ3v) is 4.23. The zero-order valence-corrected chi connectivity index (χ0v) is 18.0. The molecule has 10 nitrogen and oxygen atoms in total. The second kappa shape index (κ2) is 10.3. The molecule has 5 atom stereocenters. The van der Waals surface area contributed by atoms with Crippen LogP contribution in [0.15, 0.2) is 24.3 Å². The van der Waals surface area contributed by atoms with Crippen molar-refractivity contribution in [1.82, 2.24) is 5.32 Å². The van der Waals surface area contributed by atoms with Crippen molar-refractivity contribution >= 4 is 27.9 Å². The van der Waals surface area contributed by atoms with Crippen LogP contribution in [0.25, 0.3) is 0 Å². The van der Waals surface area contributed by atoms with Crippen molar-refractivity contribution in [2.45, 2.75) is 37.6 Å². The summed E-state index contributed by atoms with van der Waals surface area (Å²) in [4.78, 5) is 11.4. The average molecular weight is 434 g/mol. The van der Waals surface area contributed by atoms with Gasteiger partial charge in [0.05, 0.1) is 6.61 Å². The summed E-state index contributed by atoms with van der Waals surface area (Å²) in [6, 6.07) is 4.78. The number of benzene rings is 1. The van der Waals surface area contributed by atoms with Gasteiger partial charge < -0.3 is 29.6 Å². The smallest absolute Gasteiger partial charge is 0.726 e. The van der Waals surface area contributed by atoms with Crippen LogP contribution in [0.1, 0.15) is 6.92 Å². The first-order chi connectivity index (χ1) is 12.1. The molecule has 1 heterocycles. The van der Waals surface area contributed by atoms with Gasteiger partial charge in [0.15, 0.2) is 0 Å². The summed E-state index contributed by atoms with van der Waals surface area (Å²) in [5.41, 5.74) is 0. The van der Waals surface area contributed by atoms with E-state index in [4.69, 9.17) is 21.1 Å². The number of halogens is 1. The van der Waals surface area contributed by atoms with Crippen molar-refractivity contribution in [2.75, 3.05) is 6.61 Å². The van der Waals surface area contributed by atoms with Crippen molar-refractivity contribution in [3.8, 4) is 5.75 Å². The van der Waals surface area contributed by atoms with Crippen molar-refractivity contribution in [3.63, 3.8) is 0 Å². The Morgan fingerprint density at radius 2 is 1.96 bits per heavy atom. The zero-order valence-electron chi connectivity index (χ0n) is 14.4. The standard InChI is InChI=1S/C14H18ClNO9S.Na/c1-7(18)16-11-12(19)13(25-26(20,21)22)10(6-17)24-14(11)23-9-4-2-8(15)3-5-9;/h2-5,10-14,17,19H,6H2,1H3,(H,16,18)(H,20,21,22);/q;+1/p-1/t10-,11-,12-,13+,14-;/m1./s1. The summed E-state index contributed by atoms with van der Waals surface area (Å²) < 4.78 is 47.9. The van der Waals surface area contributed by atoms with E-state index in [0.29, 0.717) is 5.02 Å². The third-order valence-electron chi connectivity index (χ3n) is 3.52.